The Kier molecular flexibility index (Phi) is 7.06. The smallest absolute Gasteiger partial charge is 0.450 e. The fraction of sp³-hybridized carbons (Fsp3) is 0.222. The van der Waals surface area contributed by atoms with Gasteiger partial charge in [-0.05, 0) is 12.1 Å². The summed E-state index contributed by atoms with van der Waals surface area (Å²) in [5.41, 5.74) is 0. The van der Waals surface area contributed by atoms with Gasteiger partial charge in [-0.15, -0.1) is 24.2 Å². The number of benzene rings is 1. The lowest BCUT2D eigenvalue weighted by Crippen LogP contribution is -2.03. The number of carbonyl (C=O) groups is 1. The van der Waals surface area contributed by atoms with Gasteiger partial charge in [0.2, 0.25) is 0 Å². The van der Waals surface area contributed by atoms with Crippen molar-refractivity contribution in [2.75, 3.05) is 12.4 Å². The Hall–Kier alpha value is -0.870. The first-order valence-corrected chi connectivity index (χ1v) is 4.81. The molecule has 1 aromatic rings. The molecule has 0 atom stereocenters. The summed E-state index contributed by atoms with van der Waals surface area (Å²) in [6.45, 7) is 0.231. The van der Waals surface area contributed by atoms with Crippen LogP contribution in [-0.4, -0.2) is 23.6 Å². The Bertz CT molecular complexity index is 266. The van der Waals surface area contributed by atoms with Gasteiger partial charge in [0.15, 0.2) is 0 Å². The fourth-order valence-electron chi connectivity index (χ4n) is 0.805. The second-order valence-corrected chi connectivity index (χ2v) is 3.44. The van der Waals surface area contributed by atoms with Crippen LogP contribution in [-0.2, 0) is 4.74 Å². The van der Waals surface area contributed by atoms with Gasteiger partial charge in [-0.1, -0.05) is 18.2 Å². The topological polar surface area (TPSA) is 46.5 Å². The lowest BCUT2D eigenvalue weighted by molar-refractivity contribution is 0.0975. The third-order valence-electron chi connectivity index (χ3n) is 1.32. The average Bonchev–Trinajstić information content (AvgIpc) is 2.14. The number of hydrogen-bond acceptors (Lipinski definition) is 3. The molecule has 0 fully saturated rings. The Balaban J connectivity index is 0.00000169. The summed E-state index contributed by atoms with van der Waals surface area (Å²) < 4.78 is 4.36. The predicted molar refractivity (Wildman–Crippen MR) is 58.4 cm³/mol. The minimum absolute atomic E-state index is 0. The number of ether oxygens (including phenoxy) is 1. The zero-order valence-corrected chi connectivity index (χ0v) is 9.01. The molecule has 0 aliphatic carbocycles. The highest BCUT2D eigenvalue weighted by atomic mass is 35.5. The van der Waals surface area contributed by atoms with E-state index in [1.165, 1.54) is 0 Å². The summed E-state index contributed by atoms with van der Waals surface area (Å²) in [5, 5.41) is 8.18. The molecule has 78 valence electrons. The van der Waals surface area contributed by atoms with Gasteiger partial charge in [-0.3, -0.25) is 0 Å². The molecule has 0 amide bonds. The van der Waals surface area contributed by atoms with E-state index in [0.29, 0.717) is 5.75 Å². The molecule has 0 bridgehead atoms. The zero-order valence-electron chi connectivity index (χ0n) is 7.38. The van der Waals surface area contributed by atoms with Gasteiger partial charge >= 0.3 is 6.16 Å². The second kappa shape index (κ2) is 7.53. The standard InChI is InChI=1S/C9H10O3S.ClH/c10-9(11)12-6-7-13-8-4-2-1-3-5-8;/h1-5H,6-7H2,(H,10,11);1H. The highest BCUT2D eigenvalue weighted by Crippen LogP contribution is 2.16. The molecular formula is C9H11ClO3S. The number of thioether (sulfide) groups is 1. The predicted octanol–water partition coefficient (Wildman–Crippen LogP) is 2.90. The van der Waals surface area contributed by atoms with Crippen molar-refractivity contribution in [1.29, 1.82) is 0 Å². The van der Waals surface area contributed by atoms with E-state index in [4.69, 9.17) is 5.11 Å². The van der Waals surface area contributed by atoms with Gasteiger partial charge < -0.3 is 9.84 Å². The van der Waals surface area contributed by atoms with Crippen LogP contribution in [0.4, 0.5) is 4.79 Å². The maximum Gasteiger partial charge on any atom is 0.505 e. The third kappa shape index (κ3) is 5.72. The minimum Gasteiger partial charge on any atom is -0.450 e. The van der Waals surface area contributed by atoms with Crippen LogP contribution in [0.5, 0.6) is 0 Å². The number of hydrogen-bond donors (Lipinski definition) is 1. The van der Waals surface area contributed by atoms with Crippen molar-refractivity contribution in [3.05, 3.63) is 30.3 Å². The van der Waals surface area contributed by atoms with E-state index < -0.39 is 6.16 Å². The van der Waals surface area contributed by atoms with Crippen molar-refractivity contribution in [2.45, 2.75) is 4.90 Å². The second-order valence-electron chi connectivity index (χ2n) is 2.28. The fourth-order valence-corrected chi connectivity index (χ4v) is 1.56. The van der Waals surface area contributed by atoms with Crippen molar-refractivity contribution in [3.63, 3.8) is 0 Å². The van der Waals surface area contributed by atoms with Crippen LogP contribution in [0.1, 0.15) is 0 Å². The quantitative estimate of drug-likeness (QED) is 0.494. The van der Waals surface area contributed by atoms with E-state index >= 15 is 0 Å². The minimum atomic E-state index is -1.21. The van der Waals surface area contributed by atoms with E-state index in [0.717, 1.165) is 4.90 Å². The first-order chi connectivity index (χ1) is 6.29. The molecule has 0 saturated heterocycles. The summed E-state index contributed by atoms with van der Waals surface area (Å²) in [4.78, 5) is 11.1. The molecule has 1 rings (SSSR count). The molecule has 0 heterocycles. The molecule has 0 radical (unpaired) electrons. The summed E-state index contributed by atoms with van der Waals surface area (Å²) in [6, 6.07) is 9.79. The molecular weight excluding hydrogens is 224 g/mol. The number of rotatable bonds is 4. The normalized spacial score (nSPS) is 8.86. The SMILES string of the molecule is Cl.O=C(O)OCCSc1ccccc1. The molecule has 0 aliphatic heterocycles. The van der Waals surface area contributed by atoms with E-state index in [1.807, 2.05) is 30.3 Å². The van der Waals surface area contributed by atoms with Gasteiger partial charge in [0.05, 0.1) is 0 Å². The summed E-state index contributed by atoms with van der Waals surface area (Å²) in [7, 11) is 0. The molecule has 14 heavy (non-hydrogen) atoms. The highest BCUT2D eigenvalue weighted by Gasteiger charge is 1.96. The lowest BCUT2D eigenvalue weighted by Gasteiger charge is -2.00. The third-order valence-corrected chi connectivity index (χ3v) is 2.30. The molecule has 1 N–H and O–H groups in total. The van der Waals surface area contributed by atoms with Crippen molar-refractivity contribution in [1.82, 2.24) is 0 Å². The number of carboxylic acid groups (broad SMARTS) is 1. The van der Waals surface area contributed by atoms with E-state index in [9.17, 15) is 4.79 Å². The largest absolute Gasteiger partial charge is 0.505 e. The maximum absolute atomic E-state index is 9.98. The Morgan fingerprint density at radius 3 is 2.57 bits per heavy atom. The Labute approximate surface area is 92.9 Å². The maximum atomic E-state index is 9.98. The summed E-state index contributed by atoms with van der Waals surface area (Å²) in [6.07, 6.45) is -1.21. The van der Waals surface area contributed by atoms with Crippen LogP contribution in [0.2, 0.25) is 0 Å². The van der Waals surface area contributed by atoms with Crippen LogP contribution in [0.3, 0.4) is 0 Å². The van der Waals surface area contributed by atoms with Gasteiger partial charge in [0.25, 0.3) is 0 Å². The van der Waals surface area contributed by atoms with Crippen LogP contribution in [0, 0.1) is 0 Å². The van der Waals surface area contributed by atoms with Crippen molar-refractivity contribution in [2.24, 2.45) is 0 Å². The molecule has 0 unspecified atom stereocenters. The first kappa shape index (κ1) is 13.1. The number of halogens is 1. The zero-order chi connectivity index (χ0) is 9.52. The van der Waals surface area contributed by atoms with Gasteiger partial charge in [-0.25, -0.2) is 4.79 Å². The summed E-state index contributed by atoms with van der Waals surface area (Å²) >= 11 is 1.57. The molecule has 3 nitrogen and oxygen atoms in total. The van der Waals surface area contributed by atoms with Gasteiger partial charge in [-0.2, -0.15) is 0 Å². The van der Waals surface area contributed by atoms with Crippen molar-refractivity contribution in [3.8, 4) is 0 Å². The van der Waals surface area contributed by atoms with Crippen LogP contribution >= 0.6 is 24.2 Å². The molecule has 5 heteroatoms. The Morgan fingerprint density at radius 2 is 2.00 bits per heavy atom. The molecule has 1 aromatic carbocycles. The van der Waals surface area contributed by atoms with Gasteiger partial charge in [0.1, 0.15) is 6.61 Å². The van der Waals surface area contributed by atoms with E-state index in [1.54, 1.807) is 11.8 Å². The van der Waals surface area contributed by atoms with Crippen LogP contribution < -0.4 is 0 Å². The van der Waals surface area contributed by atoms with Crippen molar-refractivity contribution >= 4 is 30.3 Å². The Morgan fingerprint density at radius 1 is 1.36 bits per heavy atom. The monoisotopic (exact) mass is 234 g/mol. The molecule has 0 aliphatic rings. The average molecular weight is 235 g/mol. The van der Waals surface area contributed by atoms with Crippen LogP contribution in [0.25, 0.3) is 0 Å². The van der Waals surface area contributed by atoms with E-state index in [2.05, 4.69) is 4.74 Å². The first-order valence-electron chi connectivity index (χ1n) is 3.82. The van der Waals surface area contributed by atoms with Crippen molar-refractivity contribution < 1.29 is 14.6 Å². The molecule has 0 aromatic heterocycles. The van der Waals surface area contributed by atoms with Crippen LogP contribution in [0.15, 0.2) is 35.2 Å². The van der Waals surface area contributed by atoms with Gasteiger partial charge in [0, 0.05) is 10.6 Å². The molecule has 0 spiro atoms. The highest BCUT2D eigenvalue weighted by molar-refractivity contribution is 7.99. The van der Waals surface area contributed by atoms with E-state index in [-0.39, 0.29) is 19.0 Å². The molecule has 0 saturated carbocycles. The summed E-state index contributed by atoms with van der Waals surface area (Å²) in [5.74, 6) is 0.649. The lowest BCUT2D eigenvalue weighted by atomic mass is 10.4.